The minimum absolute atomic E-state index is 0.157. The van der Waals surface area contributed by atoms with Crippen LogP contribution in [0.3, 0.4) is 0 Å². The molecule has 0 aliphatic rings. The maximum atomic E-state index is 11.8. The van der Waals surface area contributed by atoms with Gasteiger partial charge in [0.05, 0.1) is 16.9 Å². The number of nitrogens with one attached hydrogen (secondary N) is 1. The van der Waals surface area contributed by atoms with Crippen LogP contribution in [0.25, 0.3) is 0 Å². The van der Waals surface area contributed by atoms with E-state index in [0.29, 0.717) is 23.7 Å². The van der Waals surface area contributed by atoms with Crippen LogP contribution in [0.4, 0.5) is 0 Å². The molecule has 1 amide bonds. The zero-order valence-corrected chi connectivity index (χ0v) is 9.89. The van der Waals surface area contributed by atoms with E-state index < -0.39 is 0 Å². The highest BCUT2D eigenvalue weighted by Crippen LogP contribution is 2.14. The Labute approximate surface area is 104 Å². The summed E-state index contributed by atoms with van der Waals surface area (Å²) in [5, 5.41) is 3.27. The predicted octanol–water partition coefficient (Wildman–Crippen LogP) is 1.97. The van der Waals surface area contributed by atoms with E-state index in [1.54, 1.807) is 36.8 Å². The normalized spacial score (nSPS) is 10.2. The summed E-state index contributed by atoms with van der Waals surface area (Å²) in [5.74, 6) is -0.157. The first-order valence-electron chi connectivity index (χ1n) is 5.26. The van der Waals surface area contributed by atoms with Gasteiger partial charge in [0.2, 0.25) is 0 Å². The minimum Gasteiger partial charge on any atom is -0.350 e. The number of aromatic nitrogens is 2. The Balaban J connectivity index is 1.88. The lowest BCUT2D eigenvalue weighted by Crippen LogP contribution is -2.27. The summed E-state index contributed by atoms with van der Waals surface area (Å²) in [6.45, 7) is 1.23. The molecule has 2 rings (SSSR count). The van der Waals surface area contributed by atoms with Crippen molar-refractivity contribution in [3.8, 4) is 0 Å². The van der Waals surface area contributed by atoms with E-state index in [0.717, 1.165) is 0 Å². The van der Waals surface area contributed by atoms with Crippen LogP contribution in [-0.4, -0.2) is 22.0 Å². The van der Waals surface area contributed by atoms with Crippen molar-refractivity contribution in [2.75, 3.05) is 6.54 Å². The van der Waals surface area contributed by atoms with Crippen molar-refractivity contribution in [1.29, 1.82) is 0 Å². The van der Waals surface area contributed by atoms with Crippen molar-refractivity contribution in [1.82, 2.24) is 14.9 Å². The lowest BCUT2D eigenvalue weighted by atomic mass is 10.2. The van der Waals surface area contributed by atoms with Gasteiger partial charge in [-0.2, -0.15) is 0 Å². The molecule has 0 saturated carbocycles. The molecule has 1 N–H and O–H groups in total. The van der Waals surface area contributed by atoms with Gasteiger partial charge < -0.3 is 9.88 Å². The fourth-order valence-corrected chi connectivity index (χ4v) is 1.68. The smallest absolute Gasteiger partial charge is 0.252 e. The Morgan fingerprint density at radius 3 is 2.94 bits per heavy atom. The molecular formula is C12H12ClN3O. The fourth-order valence-electron chi connectivity index (χ4n) is 1.46. The molecule has 5 heteroatoms. The number of carbonyl (C=O) groups is 1. The van der Waals surface area contributed by atoms with Crippen LogP contribution < -0.4 is 5.32 Å². The van der Waals surface area contributed by atoms with Crippen molar-refractivity contribution in [3.63, 3.8) is 0 Å². The summed E-state index contributed by atoms with van der Waals surface area (Å²) in [4.78, 5) is 15.7. The molecule has 0 spiro atoms. The summed E-state index contributed by atoms with van der Waals surface area (Å²) in [6, 6.07) is 6.99. The minimum atomic E-state index is -0.157. The summed E-state index contributed by atoms with van der Waals surface area (Å²) < 4.78 is 1.90. The van der Waals surface area contributed by atoms with Gasteiger partial charge in [0.25, 0.3) is 5.91 Å². The van der Waals surface area contributed by atoms with Gasteiger partial charge in [-0.1, -0.05) is 23.7 Å². The summed E-state index contributed by atoms with van der Waals surface area (Å²) >= 11 is 5.92. The second-order valence-corrected chi connectivity index (χ2v) is 3.94. The van der Waals surface area contributed by atoms with Crippen LogP contribution in [0.5, 0.6) is 0 Å². The Morgan fingerprint density at radius 1 is 1.41 bits per heavy atom. The second-order valence-electron chi connectivity index (χ2n) is 3.54. The number of hydrogen-bond donors (Lipinski definition) is 1. The quantitative estimate of drug-likeness (QED) is 0.901. The molecule has 1 aromatic heterocycles. The van der Waals surface area contributed by atoms with E-state index in [-0.39, 0.29) is 5.91 Å². The molecular weight excluding hydrogens is 238 g/mol. The molecule has 0 radical (unpaired) electrons. The van der Waals surface area contributed by atoms with Crippen LogP contribution in [0.15, 0.2) is 43.0 Å². The lowest BCUT2D eigenvalue weighted by Gasteiger charge is -2.06. The van der Waals surface area contributed by atoms with Crippen molar-refractivity contribution in [3.05, 3.63) is 53.6 Å². The molecule has 17 heavy (non-hydrogen) atoms. The Bertz CT molecular complexity index is 496. The van der Waals surface area contributed by atoms with Gasteiger partial charge in [-0.15, -0.1) is 0 Å². The van der Waals surface area contributed by atoms with E-state index in [2.05, 4.69) is 10.3 Å². The van der Waals surface area contributed by atoms with E-state index >= 15 is 0 Å². The molecule has 0 saturated heterocycles. The zero-order chi connectivity index (χ0) is 12.1. The lowest BCUT2D eigenvalue weighted by molar-refractivity contribution is 0.0952. The highest BCUT2D eigenvalue weighted by Gasteiger charge is 2.07. The Morgan fingerprint density at radius 2 is 2.24 bits per heavy atom. The molecule has 0 unspecified atom stereocenters. The standard InChI is InChI=1S/C12H12ClN3O/c13-11-4-2-1-3-10(11)12(17)15-6-8-16-7-5-14-9-16/h1-5,7,9H,6,8H2,(H,15,17). The van der Waals surface area contributed by atoms with Crippen LogP contribution in [0.2, 0.25) is 5.02 Å². The van der Waals surface area contributed by atoms with E-state index in [1.807, 2.05) is 10.8 Å². The van der Waals surface area contributed by atoms with Crippen molar-refractivity contribution < 1.29 is 4.79 Å². The van der Waals surface area contributed by atoms with E-state index in [9.17, 15) is 4.79 Å². The van der Waals surface area contributed by atoms with Gasteiger partial charge in [0, 0.05) is 25.5 Å². The van der Waals surface area contributed by atoms with Crippen molar-refractivity contribution >= 4 is 17.5 Å². The van der Waals surface area contributed by atoms with Gasteiger partial charge in [0.15, 0.2) is 0 Å². The Kier molecular flexibility index (Phi) is 3.77. The third-order valence-electron chi connectivity index (χ3n) is 2.33. The maximum Gasteiger partial charge on any atom is 0.252 e. The molecule has 1 heterocycles. The number of nitrogens with zero attached hydrogens (tertiary/aromatic N) is 2. The van der Waals surface area contributed by atoms with Gasteiger partial charge in [-0.25, -0.2) is 4.98 Å². The summed E-state index contributed by atoms with van der Waals surface area (Å²) in [7, 11) is 0. The van der Waals surface area contributed by atoms with Gasteiger partial charge in [0.1, 0.15) is 0 Å². The second kappa shape index (κ2) is 5.50. The van der Waals surface area contributed by atoms with Crippen LogP contribution in [-0.2, 0) is 6.54 Å². The number of benzene rings is 1. The van der Waals surface area contributed by atoms with Crippen molar-refractivity contribution in [2.24, 2.45) is 0 Å². The van der Waals surface area contributed by atoms with Crippen LogP contribution in [0, 0.1) is 0 Å². The topological polar surface area (TPSA) is 46.9 Å². The SMILES string of the molecule is O=C(NCCn1ccnc1)c1ccccc1Cl. The molecule has 0 bridgehead atoms. The fraction of sp³-hybridized carbons (Fsp3) is 0.167. The molecule has 2 aromatic rings. The molecule has 1 aromatic carbocycles. The van der Waals surface area contributed by atoms with Gasteiger partial charge >= 0.3 is 0 Å². The number of halogens is 1. The first-order valence-corrected chi connectivity index (χ1v) is 5.63. The summed E-state index contributed by atoms with van der Waals surface area (Å²) in [5.41, 5.74) is 0.500. The number of rotatable bonds is 4. The maximum absolute atomic E-state index is 11.8. The number of carbonyl (C=O) groups excluding carboxylic acids is 1. The summed E-state index contributed by atoms with van der Waals surface area (Å²) in [6.07, 6.45) is 5.26. The van der Waals surface area contributed by atoms with E-state index in [4.69, 9.17) is 11.6 Å². The van der Waals surface area contributed by atoms with Crippen LogP contribution in [0.1, 0.15) is 10.4 Å². The average molecular weight is 250 g/mol. The molecule has 88 valence electrons. The molecule has 0 aliphatic carbocycles. The third-order valence-corrected chi connectivity index (χ3v) is 2.66. The number of imidazole rings is 1. The van der Waals surface area contributed by atoms with Crippen LogP contribution >= 0.6 is 11.6 Å². The monoisotopic (exact) mass is 249 g/mol. The van der Waals surface area contributed by atoms with Gasteiger partial charge in [-0.3, -0.25) is 4.79 Å². The molecule has 0 fully saturated rings. The number of hydrogen-bond acceptors (Lipinski definition) is 2. The average Bonchev–Trinajstić information content (AvgIpc) is 2.82. The highest BCUT2D eigenvalue weighted by molar-refractivity contribution is 6.33. The Hall–Kier alpha value is -1.81. The molecule has 0 atom stereocenters. The predicted molar refractivity (Wildman–Crippen MR) is 66.0 cm³/mol. The zero-order valence-electron chi connectivity index (χ0n) is 9.14. The molecule has 4 nitrogen and oxygen atoms in total. The first kappa shape index (κ1) is 11.7. The van der Waals surface area contributed by atoms with E-state index in [1.165, 1.54) is 0 Å². The highest BCUT2D eigenvalue weighted by atomic mass is 35.5. The first-order chi connectivity index (χ1) is 8.27. The largest absolute Gasteiger partial charge is 0.350 e. The third kappa shape index (κ3) is 3.07. The van der Waals surface area contributed by atoms with Gasteiger partial charge in [-0.05, 0) is 12.1 Å². The number of amides is 1. The van der Waals surface area contributed by atoms with Crippen molar-refractivity contribution in [2.45, 2.75) is 6.54 Å². The molecule has 0 aliphatic heterocycles.